The minimum atomic E-state index is -1.10. The zero-order valence-electron chi connectivity index (χ0n) is 9.68. The van der Waals surface area contributed by atoms with E-state index in [0.717, 1.165) is 5.56 Å². The average Bonchev–Trinajstić information content (AvgIpc) is 2.31. The van der Waals surface area contributed by atoms with Crippen molar-refractivity contribution in [3.63, 3.8) is 0 Å². The molecule has 0 aromatic heterocycles. The molecule has 1 aromatic rings. The van der Waals surface area contributed by atoms with Crippen molar-refractivity contribution in [1.29, 1.82) is 0 Å². The van der Waals surface area contributed by atoms with Gasteiger partial charge in [0.25, 0.3) is 0 Å². The SMILES string of the molecule is CC(NC(=O)N/C=C/c1ccccc1Cl)C(=O)O. The number of carboxylic acids is 1. The molecule has 0 heterocycles. The highest BCUT2D eigenvalue weighted by molar-refractivity contribution is 6.32. The second-order valence-corrected chi connectivity index (χ2v) is 3.94. The summed E-state index contributed by atoms with van der Waals surface area (Å²) in [6.45, 7) is 1.37. The van der Waals surface area contributed by atoms with E-state index >= 15 is 0 Å². The van der Waals surface area contributed by atoms with Gasteiger partial charge in [0.15, 0.2) is 0 Å². The third kappa shape index (κ3) is 4.47. The van der Waals surface area contributed by atoms with Gasteiger partial charge in [-0.15, -0.1) is 0 Å². The fraction of sp³-hybridized carbons (Fsp3) is 0.167. The summed E-state index contributed by atoms with van der Waals surface area (Å²) in [4.78, 5) is 21.8. The standard InChI is InChI=1S/C12H13ClN2O3/c1-8(11(16)17)15-12(18)14-7-6-9-4-2-3-5-10(9)13/h2-8H,1H3,(H,16,17)(H2,14,15,18)/b7-6+. The summed E-state index contributed by atoms with van der Waals surface area (Å²) in [5.41, 5.74) is 0.755. The highest BCUT2D eigenvalue weighted by Crippen LogP contribution is 2.15. The number of benzene rings is 1. The van der Waals surface area contributed by atoms with Crippen molar-refractivity contribution >= 4 is 29.7 Å². The van der Waals surface area contributed by atoms with E-state index in [1.165, 1.54) is 13.1 Å². The molecule has 0 saturated heterocycles. The molecule has 2 amide bonds. The van der Waals surface area contributed by atoms with E-state index in [0.29, 0.717) is 5.02 Å². The van der Waals surface area contributed by atoms with Crippen LogP contribution in [-0.2, 0) is 4.79 Å². The predicted molar refractivity (Wildman–Crippen MR) is 69.3 cm³/mol. The van der Waals surface area contributed by atoms with Crippen LogP contribution in [0, 0.1) is 0 Å². The van der Waals surface area contributed by atoms with Crippen LogP contribution in [0.5, 0.6) is 0 Å². The zero-order valence-corrected chi connectivity index (χ0v) is 10.4. The van der Waals surface area contributed by atoms with Crippen LogP contribution in [0.3, 0.4) is 0 Å². The van der Waals surface area contributed by atoms with Crippen LogP contribution in [0.4, 0.5) is 4.79 Å². The predicted octanol–water partition coefficient (Wildman–Crippen LogP) is 2.08. The number of amides is 2. The normalized spacial score (nSPS) is 12.1. The molecule has 0 spiro atoms. The summed E-state index contributed by atoms with van der Waals surface area (Å²) in [5, 5.41) is 13.8. The second kappa shape index (κ2) is 6.66. The minimum absolute atomic E-state index is 0.565. The molecule has 0 radical (unpaired) electrons. The maximum Gasteiger partial charge on any atom is 0.325 e. The van der Waals surface area contributed by atoms with Gasteiger partial charge in [0, 0.05) is 11.2 Å². The van der Waals surface area contributed by atoms with E-state index in [2.05, 4.69) is 10.6 Å². The minimum Gasteiger partial charge on any atom is -0.480 e. The Morgan fingerprint density at radius 2 is 2.06 bits per heavy atom. The van der Waals surface area contributed by atoms with E-state index in [9.17, 15) is 9.59 Å². The summed E-state index contributed by atoms with van der Waals surface area (Å²) >= 11 is 5.91. The Kier molecular flexibility index (Phi) is 5.20. The first-order valence-corrected chi connectivity index (χ1v) is 5.59. The van der Waals surface area contributed by atoms with Gasteiger partial charge in [-0.3, -0.25) is 4.79 Å². The molecule has 3 N–H and O–H groups in total. The molecule has 1 atom stereocenters. The van der Waals surface area contributed by atoms with Crippen LogP contribution >= 0.6 is 11.6 Å². The van der Waals surface area contributed by atoms with Crippen LogP contribution in [0.15, 0.2) is 30.5 Å². The van der Waals surface area contributed by atoms with Crippen molar-refractivity contribution in [3.05, 3.63) is 41.1 Å². The van der Waals surface area contributed by atoms with Gasteiger partial charge in [0.2, 0.25) is 0 Å². The number of carbonyl (C=O) groups is 2. The van der Waals surface area contributed by atoms with Gasteiger partial charge in [0.05, 0.1) is 0 Å². The summed E-state index contributed by atoms with van der Waals surface area (Å²) in [6.07, 6.45) is 3.01. The highest BCUT2D eigenvalue weighted by atomic mass is 35.5. The molecule has 0 aliphatic heterocycles. The van der Waals surface area contributed by atoms with Crippen LogP contribution in [-0.4, -0.2) is 23.1 Å². The number of hydrogen-bond donors (Lipinski definition) is 3. The molecule has 0 saturated carbocycles. The lowest BCUT2D eigenvalue weighted by atomic mass is 10.2. The molecule has 6 heteroatoms. The monoisotopic (exact) mass is 268 g/mol. The summed E-state index contributed by atoms with van der Waals surface area (Å²) in [7, 11) is 0. The Hall–Kier alpha value is -2.01. The topological polar surface area (TPSA) is 78.4 Å². The van der Waals surface area contributed by atoms with Gasteiger partial charge in [-0.25, -0.2) is 4.79 Å². The number of urea groups is 1. The van der Waals surface area contributed by atoms with Crippen molar-refractivity contribution < 1.29 is 14.7 Å². The maximum absolute atomic E-state index is 11.3. The number of carbonyl (C=O) groups excluding carboxylic acids is 1. The number of halogens is 1. The molecular formula is C12H13ClN2O3. The van der Waals surface area contributed by atoms with Crippen molar-refractivity contribution in [2.45, 2.75) is 13.0 Å². The van der Waals surface area contributed by atoms with Crippen molar-refractivity contribution in [3.8, 4) is 0 Å². The Morgan fingerprint density at radius 1 is 1.39 bits per heavy atom. The third-order valence-corrected chi connectivity index (χ3v) is 2.44. The quantitative estimate of drug-likeness (QED) is 0.782. The molecule has 5 nitrogen and oxygen atoms in total. The molecule has 0 fully saturated rings. The van der Waals surface area contributed by atoms with Gasteiger partial charge < -0.3 is 15.7 Å². The van der Waals surface area contributed by atoms with Crippen LogP contribution < -0.4 is 10.6 Å². The van der Waals surface area contributed by atoms with Gasteiger partial charge >= 0.3 is 12.0 Å². The number of rotatable bonds is 4. The molecule has 1 rings (SSSR count). The Labute approximate surface area is 109 Å². The number of hydrogen-bond acceptors (Lipinski definition) is 2. The second-order valence-electron chi connectivity index (χ2n) is 3.53. The largest absolute Gasteiger partial charge is 0.480 e. The molecule has 0 aliphatic rings. The van der Waals surface area contributed by atoms with Crippen LogP contribution in [0.25, 0.3) is 6.08 Å². The Bertz CT molecular complexity index is 474. The lowest BCUT2D eigenvalue weighted by Gasteiger charge is -2.08. The first-order chi connectivity index (χ1) is 8.50. The number of nitrogens with one attached hydrogen (secondary N) is 2. The molecule has 96 valence electrons. The third-order valence-electron chi connectivity index (χ3n) is 2.10. The van der Waals surface area contributed by atoms with Gasteiger partial charge in [-0.05, 0) is 24.6 Å². The van der Waals surface area contributed by atoms with Crippen LogP contribution in [0.2, 0.25) is 5.02 Å². The molecule has 18 heavy (non-hydrogen) atoms. The number of aliphatic carboxylic acids is 1. The first-order valence-electron chi connectivity index (χ1n) is 5.21. The lowest BCUT2D eigenvalue weighted by molar-refractivity contribution is -0.138. The average molecular weight is 269 g/mol. The summed E-state index contributed by atoms with van der Waals surface area (Å²) in [6, 6.07) is 5.60. The summed E-state index contributed by atoms with van der Waals surface area (Å²) < 4.78 is 0. The Morgan fingerprint density at radius 3 is 2.67 bits per heavy atom. The van der Waals surface area contributed by atoms with E-state index in [1.54, 1.807) is 24.3 Å². The first kappa shape index (κ1) is 14.1. The zero-order chi connectivity index (χ0) is 13.5. The van der Waals surface area contributed by atoms with E-state index in [1.807, 2.05) is 6.07 Å². The molecule has 1 aromatic carbocycles. The van der Waals surface area contributed by atoms with Gasteiger partial charge in [0.1, 0.15) is 6.04 Å². The molecule has 1 unspecified atom stereocenters. The highest BCUT2D eigenvalue weighted by Gasteiger charge is 2.12. The van der Waals surface area contributed by atoms with Crippen molar-refractivity contribution in [2.24, 2.45) is 0 Å². The van der Waals surface area contributed by atoms with Gasteiger partial charge in [-0.2, -0.15) is 0 Å². The molecule has 0 aliphatic carbocycles. The van der Waals surface area contributed by atoms with E-state index in [4.69, 9.17) is 16.7 Å². The fourth-order valence-electron chi connectivity index (χ4n) is 1.12. The smallest absolute Gasteiger partial charge is 0.325 e. The van der Waals surface area contributed by atoms with E-state index in [-0.39, 0.29) is 0 Å². The maximum atomic E-state index is 11.3. The fourth-order valence-corrected chi connectivity index (χ4v) is 1.32. The van der Waals surface area contributed by atoms with Gasteiger partial charge in [-0.1, -0.05) is 29.8 Å². The van der Waals surface area contributed by atoms with Crippen molar-refractivity contribution in [1.82, 2.24) is 10.6 Å². The van der Waals surface area contributed by atoms with E-state index < -0.39 is 18.0 Å². The van der Waals surface area contributed by atoms with Crippen LogP contribution in [0.1, 0.15) is 12.5 Å². The lowest BCUT2D eigenvalue weighted by Crippen LogP contribution is -2.42. The molecule has 0 bridgehead atoms. The summed E-state index contributed by atoms with van der Waals surface area (Å²) in [5.74, 6) is -1.10. The Balaban J connectivity index is 2.48. The number of carboxylic acid groups (broad SMARTS) is 1. The van der Waals surface area contributed by atoms with Crippen molar-refractivity contribution in [2.75, 3.05) is 0 Å². The molecular weight excluding hydrogens is 256 g/mol.